The Balaban J connectivity index is 2.05. The van der Waals surface area contributed by atoms with Gasteiger partial charge in [0, 0.05) is 18.1 Å². The van der Waals surface area contributed by atoms with Gasteiger partial charge in [-0.15, -0.1) is 0 Å². The molecule has 1 heterocycles. The fraction of sp³-hybridized carbons (Fsp3) is 0.286. The van der Waals surface area contributed by atoms with Gasteiger partial charge in [-0.05, 0) is 35.9 Å². The highest BCUT2D eigenvalue weighted by Gasteiger charge is 2.44. The minimum Gasteiger partial charge on any atom is -0.384 e. The van der Waals surface area contributed by atoms with Crippen LogP contribution < -0.4 is 5.32 Å². The number of hydrogen-bond acceptors (Lipinski definition) is 3. The molecule has 1 fully saturated rings. The highest BCUT2D eigenvalue weighted by atomic mass is 16.3. The second kappa shape index (κ2) is 4.07. The number of pyridine rings is 1. The molecule has 18 heavy (non-hydrogen) atoms. The van der Waals surface area contributed by atoms with E-state index in [0.717, 1.165) is 34.9 Å². The molecule has 2 aromatic rings. The Morgan fingerprint density at radius 3 is 2.94 bits per heavy atom. The van der Waals surface area contributed by atoms with Gasteiger partial charge in [-0.2, -0.15) is 0 Å². The van der Waals surface area contributed by atoms with E-state index in [-0.39, 0.29) is 0 Å². The number of benzene rings is 1. The summed E-state index contributed by atoms with van der Waals surface area (Å²) in [5, 5.41) is 14.9. The number of rotatable bonds is 4. The van der Waals surface area contributed by atoms with E-state index in [1.807, 2.05) is 24.3 Å². The van der Waals surface area contributed by atoms with Crippen LogP contribution in [0.1, 0.15) is 24.1 Å². The first-order valence-corrected chi connectivity index (χ1v) is 6.00. The fourth-order valence-electron chi connectivity index (χ4n) is 2.22. The predicted molar refractivity (Wildman–Crippen MR) is 67.8 cm³/mol. The van der Waals surface area contributed by atoms with Crippen LogP contribution in [0.3, 0.4) is 0 Å². The van der Waals surface area contributed by atoms with Crippen LogP contribution in [-0.4, -0.2) is 16.5 Å². The number of fused-ring (bicyclic) bond motifs is 1. The molecule has 1 aromatic heterocycles. The summed E-state index contributed by atoms with van der Waals surface area (Å²) in [5.74, 6) is 0. The van der Waals surface area contributed by atoms with E-state index in [1.165, 1.54) is 0 Å². The van der Waals surface area contributed by atoms with Gasteiger partial charge in [-0.1, -0.05) is 12.1 Å². The molecule has 1 aliphatic rings. The van der Waals surface area contributed by atoms with Crippen molar-refractivity contribution in [3.05, 3.63) is 41.7 Å². The van der Waals surface area contributed by atoms with Gasteiger partial charge >= 0.3 is 0 Å². The zero-order valence-electron chi connectivity index (χ0n) is 9.89. The zero-order chi connectivity index (χ0) is 12.6. The number of aromatic nitrogens is 1. The van der Waals surface area contributed by atoms with Crippen LogP contribution in [0.25, 0.3) is 10.8 Å². The molecule has 2 N–H and O–H groups in total. The average molecular weight is 242 g/mol. The largest absolute Gasteiger partial charge is 0.384 e. The molecule has 4 heteroatoms. The van der Waals surface area contributed by atoms with Gasteiger partial charge in [-0.3, -0.25) is 9.78 Å². The van der Waals surface area contributed by atoms with Crippen LogP contribution in [-0.2, 0) is 16.9 Å². The molecule has 1 amide bonds. The molecule has 1 saturated carbocycles. The van der Waals surface area contributed by atoms with Crippen LogP contribution in [0, 0.1) is 0 Å². The summed E-state index contributed by atoms with van der Waals surface area (Å²) in [6, 6.07) is 7.86. The lowest BCUT2D eigenvalue weighted by atomic mass is 10.0. The first kappa shape index (κ1) is 11.2. The van der Waals surface area contributed by atoms with Crippen LogP contribution >= 0.6 is 0 Å². The molecule has 0 bridgehead atoms. The Labute approximate surface area is 105 Å². The van der Waals surface area contributed by atoms with Gasteiger partial charge < -0.3 is 10.4 Å². The molecule has 92 valence electrons. The van der Waals surface area contributed by atoms with Gasteiger partial charge in [0.25, 0.3) is 0 Å². The van der Waals surface area contributed by atoms with Gasteiger partial charge in [0.1, 0.15) is 5.60 Å². The molecule has 1 aromatic carbocycles. The summed E-state index contributed by atoms with van der Waals surface area (Å²) >= 11 is 0. The molecular weight excluding hydrogens is 228 g/mol. The SMILES string of the molecule is O=CNCc1ccc2c(C3(O)CC3)nccc2c1. The summed E-state index contributed by atoms with van der Waals surface area (Å²) in [7, 11) is 0. The van der Waals surface area contributed by atoms with E-state index in [0.29, 0.717) is 13.0 Å². The van der Waals surface area contributed by atoms with Crippen molar-refractivity contribution in [1.29, 1.82) is 0 Å². The number of amides is 1. The van der Waals surface area contributed by atoms with Crippen molar-refractivity contribution < 1.29 is 9.90 Å². The zero-order valence-corrected chi connectivity index (χ0v) is 9.89. The van der Waals surface area contributed by atoms with Gasteiger partial charge in [0.15, 0.2) is 0 Å². The van der Waals surface area contributed by atoms with Crippen LogP contribution in [0.15, 0.2) is 30.5 Å². The van der Waals surface area contributed by atoms with Crippen molar-refractivity contribution in [3.8, 4) is 0 Å². The first-order valence-electron chi connectivity index (χ1n) is 6.00. The third-order valence-corrected chi connectivity index (χ3v) is 3.38. The second-order valence-corrected chi connectivity index (χ2v) is 4.75. The topological polar surface area (TPSA) is 62.2 Å². The van der Waals surface area contributed by atoms with Gasteiger partial charge in [-0.25, -0.2) is 0 Å². The van der Waals surface area contributed by atoms with E-state index < -0.39 is 5.60 Å². The highest BCUT2D eigenvalue weighted by molar-refractivity contribution is 5.86. The first-order chi connectivity index (χ1) is 8.73. The quantitative estimate of drug-likeness (QED) is 0.798. The van der Waals surface area contributed by atoms with E-state index in [1.54, 1.807) is 6.20 Å². The van der Waals surface area contributed by atoms with Crippen molar-refractivity contribution in [2.24, 2.45) is 0 Å². The molecule has 0 spiro atoms. The van der Waals surface area contributed by atoms with E-state index in [9.17, 15) is 9.90 Å². The number of nitrogens with zero attached hydrogens (tertiary/aromatic N) is 1. The highest BCUT2D eigenvalue weighted by Crippen LogP contribution is 2.46. The summed E-state index contributed by atoms with van der Waals surface area (Å²) in [6.45, 7) is 0.515. The maximum atomic E-state index is 10.3. The normalized spacial score (nSPS) is 16.5. The lowest BCUT2D eigenvalue weighted by molar-refractivity contribution is -0.109. The van der Waals surface area contributed by atoms with Crippen LogP contribution in [0.5, 0.6) is 0 Å². The number of hydrogen-bond donors (Lipinski definition) is 2. The third kappa shape index (κ3) is 1.84. The van der Waals surface area contributed by atoms with Crippen LogP contribution in [0.2, 0.25) is 0 Å². The van der Waals surface area contributed by atoms with Gasteiger partial charge in [0.2, 0.25) is 6.41 Å². The number of carbonyl (C=O) groups excluding carboxylic acids is 1. The maximum absolute atomic E-state index is 10.3. The Morgan fingerprint density at radius 2 is 2.22 bits per heavy atom. The Morgan fingerprint density at radius 1 is 1.39 bits per heavy atom. The molecular formula is C14H14N2O2. The maximum Gasteiger partial charge on any atom is 0.207 e. The van der Waals surface area contributed by atoms with E-state index in [4.69, 9.17) is 0 Å². The monoisotopic (exact) mass is 242 g/mol. The smallest absolute Gasteiger partial charge is 0.207 e. The molecule has 4 nitrogen and oxygen atoms in total. The van der Waals surface area contributed by atoms with Crippen molar-refractivity contribution >= 4 is 17.2 Å². The fourth-order valence-corrected chi connectivity index (χ4v) is 2.22. The van der Waals surface area contributed by atoms with Crippen LogP contribution in [0.4, 0.5) is 0 Å². The average Bonchev–Trinajstić information content (AvgIpc) is 3.14. The lowest BCUT2D eigenvalue weighted by Crippen LogP contribution is -2.10. The van der Waals surface area contributed by atoms with Gasteiger partial charge in [0.05, 0.1) is 5.69 Å². The lowest BCUT2D eigenvalue weighted by Gasteiger charge is -2.11. The molecule has 0 aliphatic heterocycles. The van der Waals surface area contributed by atoms with Crippen molar-refractivity contribution in [2.75, 3.05) is 0 Å². The Hall–Kier alpha value is -1.94. The summed E-state index contributed by atoms with van der Waals surface area (Å²) < 4.78 is 0. The predicted octanol–water partition coefficient (Wildman–Crippen LogP) is 1.46. The Kier molecular flexibility index (Phi) is 2.52. The molecule has 0 saturated heterocycles. The minimum atomic E-state index is -0.720. The molecule has 0 unspecified atom stereocenters. The number of aliphatic hydroxyl groups is 1. The third-order valence-electron chi connectivity index (χ3n) is 3.38. The molecule has 0 atom stereocenters. The number of nitrogens with one attached hydrogen (secondary N) is 1. The van der Waals surface area contributed by atoms with Crippen molar-refractivity contribution in [1.82, 2.24) is 10.3 Å². The second-order valence-electron chi connectivity index (χ2n) is 4.75. The summed E-state index contributed by atoms with van der Waals surface area (Å²) in [5.41, 5.74) is 1.09. The Bertz CT molecular complexity index is 606. The minimum absolute atomic E-state index is 0.515. The standard InChI is InChI=1S/C14H14N2O2/c17-9-15-8-10-1-2-12-11(7-10)3-6-16-13(12)14(18)4-5-14/h1-3,6-7,9,18H,4-5,8H2,(H,15,17). The van der Waals surface area contributed by atoms with E-state index >= 15 is 0 Å². The number of carbonyl (C=O) groups is 1. The summed E-state index contributed by atoms with van der Waals surface area (Å²) in [6.07, 6.45) is 3.99. The summed E-state index contributed by atoms with van der Waals surface area (Å²) in [4.78, 5) is 14.6. The molecule has 0 radical (unpaired) electrons. The molecule has 3 rings (SSSR count). The van der Waals surface area contributed by atoms with Crippen molar-refractivity contribution in [2.45, 2.75) is 25.0 Å². The molecule has 1 aliphatic carbocycles. The van der Waals surface area contributed by atoms with E-state index in [2.05, 4.69) is 10.3 Å². The van der Waals surface area contributed by atoms with Crippen molar-refractivity contribution in [3.63, 3.8) is 0 Å².